The quantitative estimate of drug-likeness (QED) is 0.705. The van der Waals surface area contributed by atoms with Crippen LogP contribution in [0.5, 0.6) is 0 Å². The van der Waals surface area contributed by atoms with Crippen LogP contribution in [-0.2, 0) is 6.54 Å². The third kappa shape index (κ3) is 6.35. The number of rotatable bonds is 1. The highest BCUT2D eigenvalue weighted by molar-refractivity contribution is 5.24. The van der Waals surface area contributed by atoms with Gasteiger partial charge < -0.3 is 5.73 Å². The molecule has 0 saturated heterocycles. The first-order valence-electron chi connectivity index (χ1n) is 5.09. The summed E-state index contributed by atoms with van der Waals surface area (Å²) in [7, 11) is 0. The lowest BCUT2D eigenvalue weighted by Crippen LogP contribution is -1.97. The van der Waals surface area contributed by atoms with Crippen LogP contribution in [0.4, 0.5) is 0 Å². The van der Waals surface area contributed by atoms with Gasteiger partial charge in [0.25, 0.3) is 0 Å². The summed E-state index contributed by atoms with van der Waals surface area (Å²) >= 11 is 0. The highest BCUT2D eigenvalue weighted by Gasteiger charge is 1.89. The fraction of sp³-hybridized carbons (Fsp3) is 0.500. The molecule has 0 heterocycles. The Morgan fingerprint density at radius 1 is 1.00 bits per heavy atom. The molecule has 76 valence electrons. The summed E-state index contributed by atoms with van der Waals surface area (Å²) in [5.74, 6) is 0. The van der Waals surface area contributed by atoms with Crippen molar-refractivity contribution < 1.29 is 0 Å². The highest BCUT2D eigenvalue weighted by atomic mass is 14.5. The minimum Gasteiger partial charge on any atom is -0.326 e. The molecule has 2 N–H and O–H groups in total. The van der Waals surface area contributed by atoms with E-state index >= 15 is 0 Å². The van der Waals surface area contributed by atoms with Crippen LogP contribution in [0.3, 0.4) is 0 Å². The first kappa shape index (κ1) is 14.7. The Bertz CT molecular complexity index is 194. The summed E-state index contributed by atoms with van der Waals surface area (Å²) in [5.41, 5.74) is 7.96. The van der Waals surface area contributed by atoms with E-state index in [1.54, 1.807) is 0 Å². The van der Waals surface area contributed by atoms with Gasteiger partial charge in [-0.05, 0) is 18.1 Å². The Balaban J connectivity index is 0. The lowest BCUT2D eigenvalue weighted by Gasteiger charge is -1.98. The molecule has 0 saturated carbocycles. The molecule has 0 atom stereocenters. The summed E-state index contributed by atoms with van der Waals surface area (Å²) in [6, 6.07) is 8.15. The van der Waals surface area contributed by atoms with Crippen LogP contribution in [0, 0.1) is 6.92 Å². The van der Waals surface area contributed by atoms with Crippen molar-refractivity contribution in [2.75, 3.05) is 0 Å². The van der Waals surface area contributed by atoms with E-state index < -0.39 is 0 Å². The van der Waals surface area contributed by atoms with Gasteiger partial charge in [0, 0.05) is 6.54 Å². The molecule has 1 rings (SSSR count). The lowest BCUT2D eigenvalue weighted by atomic mass is 10.1. The molecular formula is C12H23N. The van der Waals surface area contributed by atoms with Crippen LogP contribution >= 0.6 is 0 Å². The highest BCUT2D eigenvalue weighted by Crippen LogP contribution is 2.04. The van der Waals surface area contributed by atoms with Crippen LogP contribution in [0.2, 0.25) is 0 Å². The van der Waals surface area contributed by atoms with Crippen molar-refractivity contribution in [1.29, 1.82) is 0 Å². The topological polar surface area (TPSA) is 26.0 Å². The third-order valence-corrected chi connectivity index (χ3v) is 1.48. The first-order valence-corrected chi connectivity index (χ1v) is 5.09. The van der Waals surface area contributed by atoms with E-state index in [1.165, 1.54) is 11.1 Å². The van der Waals surface area contributed by atoms with Gasteiger partial charge >= 0.3 is 0 Å². The summed E-state index contributed by atoms with van der Waals surface area (Å²) in [4.78, 5) is 0. The van der Waals surface area contributed by atoms with E-state index in [4.69, 9.17) is 5.73 Å². The molecule has 0 aliphatic rings. The van der Waals surface area contributed by atoms with Crippen molar-refractivity contribution in [3.05, 3.63) is 35.4 Å². The largest absolute Gasteiger partial charge is 0.326 e. The lowest BCUT2D eigenvalue weighted by molar-refractivity contribution is 1.05. The van der Waals surface area contributed by atoms with Crippen molar-refractivity contribution in [2.24, 2.45) is 5.73 Å². The number of hydrogen-bond acceptors (Lipinski definition) is 1. The number of hydrogen-bond donors (Lipinski definition) is 1. The van der Waals surface area contributed by atoms with Crippen molar-refractivity contribution in [3.63, 3.8) is 0 Å². The van der Waals surface area contributed by atoms with Gasteiger partial charge in [0.1, 0.15) is 0 Å². The van der Waals surface area contributed by atoms with E-state index in [0.717, 1.165) is 0 Å². The number of benzene rings is 1. The van der Waals surface area contributed by atoms with Crippen LogP contribution in [0.15, 0.2) is 24.3 Å². The summed E-state index contributed by atoms with van der Waals surface area (Å²) in [5, 5.41) is 0. The number of aryl methyl sites for hydroxylation is 1. The van der Waals surface area contributed by atoms with Crippen LogP contribution in [0.1, 0.15) is 38.8 Å². The standard InChI is InChI=1S/C8H11N.2C2H6/c1-7-4-2-3-5-8(7)6-9;2*1-2/h2-5H,6,9H2,1H3;2*1-2H3. The zero-order chi connectivity index (χ0) is 10.7. The summed E-state index contributed by atoms with van der Waals surface area (Å²) in [6.45, 7) is 10.7. The maximum absolute atomic E-state index is 5.45. The molecule has 1 heteroatoms. The molecule has 0 aromatic heterocycles. The van der Waals surface area contributed by atoms with Crippen molar-refractivity contribution in [1.82, 2.24) is 0 Å². The molecular weight excluding hydrogens is 158 g/mol. The second-order valence-corrected chi connectivity index (χ2v) is 2.13. The average molecular weight is 181 g/mol. The summed E-state index contributed by atoms with van der Waals surface area (Å²) < 4.78 is 0. The molecule has 1 nitrogen and oxygen atoms in total. The molecule has 0 spiro atoms. The molecule has 0 unspecified atom stereocenters. The van der Waals surface area contributed by atoms with E-state index in [-0.39, 0.29) is 0 Å². The minimum absolute atomic E-state index is 0.646. The zero-order valence-corrected chi connectivity index (χ0v) is 9.59. The maximum Gasteiger partial charge on any atom is 0.0180 e. The third-order valence-electron chi connectivity index (χ3n) is 1.48. The average Bonchev–Trinajstić information content (AvgIpc) is 2.24. The SMILES string of the molecule is CC.CC.Cc1ccccc1CN. The van der Waals surface area contributed by atoms with E-state index in [1.807, 2.05) is 39.8 Å². The van der Waals surface area contributed by atoms with Gasteiger partial charge in [0.15, 0.2) is 0 Å². The van der Waals surface area contributed by atoms with Gasteiger partial charge in [-0.1, -0.05) is 52.0 Å². The van der Waals surface area contributed by atoms with Crippen molar-refractivity contribution >= 4 is 0 Å². The van der Waals surface area contributed by atoms with Crippen LogP contribution in [0.25, 0.3) is 0 Å². The maximum atomic E-state index is 5.45. The van der Waals surface area contributed by atoms with E-state index in [0.29, 0.717) is 6.54 Å². The molecule has 0 aliphatic heterocycles. The molecule has 0 amide bonds. The monoisotopic (exact) mass is 181 g/mol. The van der Waals surface area contributed by atoms with Gasteiger partial charge in [-0.2, -0.15) is 0 Å². The fourth-order valence-corrected chi connectivity index (χ4v) is 0.839. The van der Waals surface area contributed by atoms with Gasteiger partial charge in [-0.25, -0.2) is 0 Å². The Morgan fingerprint density at radius 3 is 1.77 bits per heavy atom. The normalized spacial score (nSPS) is 7.54. The van der Waals surface area contributed by atoms with Crippen molar-refractivity contribution in [3.8, 4) is 0 Å². The Morgan fingerprint density at radius 2 is 1.46 bits per heavy atom. The zero-order valence-electron chi connectivity index (χ0n) is 9.59. The number of nitrogens with two attached hydrogens (primary N) is 1. The Kier molecular flexibility index (Phi) is 12.6. The second-order valence-electron chi connectivity index (χ2n) is 2.13. The van der Waals surface area contributed by atoms with E-state index in [9.17, 15) is 0 Å². The molecule has 0 bridgehead atoms. The van der Waals surface area contributed by atoms with Crippen LogP contribution < -0.4 is 5.73 Å². The van der Waals surface area contributed by atoms with Gasteiger partial charge in [-0.3, -0.25) is 0 Å². The first-order chi connectivity index (χ1) is 6.34. The van der Waals surface area contributed by atoms with Crippen molar-refractivity contribution in [2.45, 2.75) is 41.2 Å². The molecule has 1 aromatic rings. The Labute approximate surface area is 83.0 Å². The second kappa shape index (κ2) is 11.2. The van der Waals surface area contributed by atoms with Gasteiger partial charge in [0.2, 0.25) is 0 Å². The molecule has 0 aliphatic carbocycles. The fourth-order valence-electron chi connectivity index (χ4n) is 0.839. The molecule has 0 fully saturated rings. The molecule has 1 aromatic carbocycles. The minimum atomic E-state index is 0.646. The molecule has 0 radical (unpaired) electrons. The van der Waals surface area contributed by atoms with E-state index in [2.05, 4.69) is 19.1 Å². The predicted octanol–water partition coefficient (Wildman–Crippen LogP) is 3.51. The summed E-state index contributed by atoms with van der Waals surface area (Å²) in [6.07, 6.45) is 0. The van der Waals surface area contributed by atoms with Gasteiger partial charge in [-0.15, -0.1) is 0 Å². The predicted molar refractivity (Wildman–Crippen MR) is 61.8 cm³/mol. The Hall–Kier alpha value is -0.820. The molecule has 13 heavy (non-hydrogen) atoms. The van der Waals surface area contributed by atoms with Gasteiger partial charge in [0.05, 0.1) is 0 Å². The van der Waals surface area contributed by atoms with Crippen LogP contribution in [-0.4, -0.2) is 0 Å². The smallest absolute Gasteiger partial charge is 0.0180 e.